The first-order valence-electron chi connectivity index (χ1n) is 10.5. The second-order valence-corrected chi connectivity index (χ2v) is 9.73. The van der Waals surface area contributed by atoms with Crippen LogP contribution in [-0.4, -0.2) is 26.8 Å². The number of halogens is 2. The average Bonchev–Trinajstić information content (AvgIpc) is 3.38. The predicted molar refractivity (Wildman–Crippen MR) is 128 cm³/mol. The van der Waals surface area contributed by atoms with Crippen LogP contribution < -0.4 is 5.32 Å². The molecule has 5 nitrogen and oxygen atoms in total. The van der Waals surface area contributed by atoms with Gasteiger partial charge in [0, 0.05) is 23.5 Å². The van der Waals surface area contributed by atoms with Crippen LogP contribution in [0.15, 0.2) is 66.0 Å². The molecule has 2 amide bonds. The third kappa shape index (κ3) is 3.92. The number of amides is 2. The maximum Gasteiger partial charge on any atom is 0.271 e. The summed E-state index contributed by atoms with van der Waals surface area (Å²) in [6, 6.07) is 17.2. The van der Waals surface area contributed by atoms with Crippen molar-refractivity contribution < 1.29 is 14.0 Å². The Hall–Kier alpha value is -3.16. The fourth-order valence-corrected chi connectivity index (χ4v) is 5.32. The predicted octanol–water partition coefficient (Wildman–Crippen LogP) is 5.23. The quantitative estimate of drug-likeness (QED) is 0.424. The van der Waals surface area contributed by atoms with E-state index in [-0.39, 0.29) is 24.2 Å². The fourth-order valence-electron chi connectivity index (χ4n) is 4.30. The van der Waals surface area contributed by atoms with Gasteiger partial charge in [0.15, 0.2) is 0 Å². The Balaban J connectivity index is 1.50. The first kappa shape index (κ1) is 21.7. The topological polar surface area (TPSA) is 54.3 Å². The second-order valence-electron chi connectivity index (χ2n) is 8.40. The first-order chi connectivity index (χ1) is 15.8. The zero-order valence-electron chi connectivity index (χ0n) is 17.8. The van der Waals surface area contributed by atoms with Gasteiger partial charge < -0.3 is 14.8 Å². The van der Waals surface area contributed by atoms with E-state index in [0.29, 0.717) is 29.4 Å². The molecule has 168 valence electrons. The highest BCUT2D eigenvalue weighted by Gasteiger charge is 2.47. The molecule has 1 aliphatic heterocycles. The van der Waals surface area contributed by atoms with Crippen LogP contribution in [0.2, 0.25) is 5.02 Å². The van der Waals surface area contributed by atoms with E-state index in [9.17, 15) is 14.0 Å². The maximum absolute atomic E-state index is 13.8. The summed E-state index contributed by atoms with van der Waals surface area (Å²) in [5.41, 5.74) is 0.897. The summed E-state index contributed by atoms with van der Waals surface area (Å²) < 4.78 is 15.8. The zero-order valence-corrected chi connectivity index (χ0v) is 19.4. The van der Waals surface area contributed by atoms with Gasteiger partial charge in [0.25, 0.3) is 5.91 Å². The number of thiophene rings is 1. The van der Waals surface area contributed by atoms with Crippen LogP contribution in [0.5, 0.6) is 0 Å². The van der Waals surface area contributed by atoms with Crippen molar-refractivity contribution >= 4 is 45.0 Å². The van der Waals surface area contributed by atoms with Crippen molar-refractivity contribution in [3.8, 4) is 0 Å². The van der Waals surface area contributed by atoms with Crippen molar-refractivity contribution in [2.45, 2.75) is 32.1 Å². The molecule has 0 saturated heterocycles. The molecule has 2 aromatic carbocycles. The third-order valence-corrected chi connectivity index (χ3v) is 7.32. The minimum absolute atomic E-state index is 0.125. The van der Waals surface area contributed by atoms with Crippen molar-refractivity contribution in [1.82, 2.24) is 14.8 Å². The number of rotatable bonds is 5. The van der Waals surface area contributed by atoms with Crippen molar-refractivity contribution in [3.63, 3.8) is 0 Å². The molecule has 1 N–H and O–H groups in total. The number of hydrogen-bond acceptors (Lipinski definition) is 3. The molecule has 0 unspecified atom stereocenters. The smallest absolute Gasteiger partial charge is 0.271 e. The number of benzene rings is 2. The molecule has 0 saturated carbocycles. The number of carbonyl (C=O) groups excluding carboxylic acids is 2. The Bertz CT molecular complexity index is 1360. The van der Waals surface area contributed by atoms with Crippen LogP contribution in [0, 0.1) is 5.82 Å². The molecule has 1 aliphatic rings. The largest absolute Gasteiger partial charge is 0.350 e. The van der Waals surface area contributed by atoms with Crippen molar-refractivity contribution in [2.24, 2.45) is 0 Å². The minimum Gasteiger partial charge on any atom is -0.350 e. The first-order valence-corrected chi connectivity index (χ1v) is 11.8. The number of nitrogens with zero attached hydrogens (tertiary/aromatic N) is 2. The summed E-state index contributed by atoms with van der Waals surface area (Å²) in [6.07, 6.45) is 0. The van der Waals surface area contributed by atoms with Crippen LogP contribution in [0.4, 0.5) is 4.39 Å². The van der Waals surface area contributed by atoms with Crippen LogP contribution >= 0.6 is 22.9 Å². The molecule has 5 rings (SSSR count). The summed E-state index contributed by atoms with van der Waals surface area (Å²) in [4.78, 5) is 29.7. The highest BCUT2D eigenvalue weighted by atomic mass is 35.5. The Labute approximate surface area is 199 Å². The van der Waals surface area contributed by atoms with E-state index < -0.39 is 5.54 Å². The molecule has 0 radical (unpaired) electrons. The van der Waals surface area contributed by atoms with Gasteiger partial charge in [0.1, 0.15) is 21.9 Å². The van der Waals surface area contributed by atoms with Crippen molar-refractivity contribution in [2.75, 3.05) is 0 Å². The molecule has 8 heteroatoms. The van der Waals surface area contributed by atoms with Gasteiger partial charge in [-0.1, -0.05) is 35.9 Å². The lowest BCUT2D eigenvalue weighted by atomic mass is 9.93. The summed E-state index contributed by atoms with van der Waals surface area (Å²) in [5, 5.41) is 6.55. The molecular formula is C25H21ClFN3O2S. The molecule has 4 aromatic rings. The van der Waals surface area contributed by atoms with E-state index in [1.807, 2.05) is 34.2 Å². The SMILES string of the molecule is C[C@@]1(C(=O)NCc2ccc(Cl)cc2)Cn2c(cc3ccsc32)C(=O)N1Cc1cccc(F)c1. The molecule has 2 aromatic heterocycles. The van der Waals surface area contributed by atoms with Crippen molar-refractivity contribution in [3.05, 3.63) is 93.7 Å². The van der Waals surface area contributed by atoms with Gasteiger partial charge >= 0.3 is 0 Å². The van der Waals surface area contributed by atoms with Crippen molar-refractivity contribution in [1.29, 1.82) is 0 Å². The Kier molecular flexibility index (Phi) is 5.46. The highest BCUT2D eigenvalue weighted by molar-refractivity contribution is 7.16. The lowest BCUT2D eigenvalue weighted by Gasteiger charge is -2.44. The van der Waals surface area contributed by atoms with E-state index >= 15 is 0 Å². The monoisotopic (exact) mass is 481 g/mol. The summed E-state index contributed by atoms with van der Waals surface area (Å²) in [7, 11) is 0. The molecule has 1 atom stereocenters. The van der Waals surface area contributed by atoms with E-state index in [1.54, 1.807) is 47.4 Å². The van der Waals surface area contributed by atoms with Crippen LogP contribution in [-0.2, 0) is 24.4 Å². The average molecular weight is 482 g/mol. The highest BCUT2D eigenvalue weighted by Crippen LogP contribution is 2.35. The number of carbonyl (C=O) groups is 2. The van der Waals surface area contributed by atoms with Gasteiger partial charge in [-0.3, -0.25) is 9.59 Å². The lowest BCUT2D eigenvalue weighted by molar-refractivity contribution is -0.133. The molecular weight excluding hydrogens is 461 g/mol. The van der Waals surface area contributed by atoms with Gasteiger partial charge in [0.2, 0.25) is 5.91 Å². The lowest BCUT2D eigenvalue weighted by Crippen LogP contribution is -2.63. The van der Waals surface area contributed by atoms with E-state index in [2.05, 4.69) is 5.32 Å². The van der Waals surface area contributed by atoms with Crippen LogP contribution in [0.1, 0.15) is 28.5 Å². The standard InChI is InChI=1S/C25H21ClFN3O2S/c1-25(24(32)28-13-16-5-7-19(26)8-6-16)15-29-21(12-18-9-10-33-23(18)29)22(31)30(25)14-17-3-2-4-20(27)11-17/h2-12H,13-15H2,1H3,(H,28,32)/t25-/m0/s1. The molecule has 0 aliphatic carbocycles. The van der Waals surface area contributed by atoms with Gasteiger partial charge in [0.05, 0.1) is 6.54 Å². The summed E-state index contributed by atoms with van der Waals surface area (Å²) >= 11 is 7.50. The Morgan fingerprint density at radius 2 is 1.94 bits per heavy atom. The number of aromatic nitrogens is 1. The van der Waals surface area contributed by atoms with Gasteiger partial charge in [-0.05, 0) is 59.8 Å². The third-order valence-electron chi connectivity index (χ3n) is 6.11. The van der Waals surface area contributed by atoms with Gasteiger partial charge in [-0.2, -0.15) is 0 Å². The molecule has 0 spiro atoms. The molecule has 3 heterocycles. The summed E-state index contributed by atoms with van der Waals surface area (Å²) in [5.74, 6) is -0.904. The zero-order chi connectivity index (χ0) is 23.2. The van der Waals surface area contributed by atoms with Crippen LogP contribution in [0.25, 0.3) is 10.2 Å². The second kappa shape index (κ2) is 8.32. The van der Waals surface area contributed by atoms with E-state index in [0.717, 1.165) is 15.8 Å². The Morgan fingerprint density at radius 3 is 2.70 bits per heavy atom. The fraction of sp³-hybridized carbons (Fsp3) is 0.200. The number of nitrogens with one attached hydrogen (secondary N) is 1. The Morgan fingerprint density at radius 1 is 1.15 bits per heavy atom. The number of fused-ring (bicyclic) bond motifs is 3. The molecule has 0 bridgehead atoms. The summed E-state index contributed by atoms with van der Waals surface area (Å²) in [6.45, 7) is 2.50. The normalized spacial score (nSPS) is 17.9. The van der Waals surface area contributed by atoms with E-state index in [4.69, 9.17) is 11.6 Å². The minimum atomic E-state index is -1.17. The van der Waals surface area contributed by atoms with Crippen LogP contribution in [0.3, 0.4) is 0 Å². The van der Waals surface area contributed by atoms with Gasteiger partial charge in [-0.25, -0.2) is 4.39 Å². The van der Waals surface area contributed by atoms with Gasteiger partial charge in [-0.15, -0.1) is 11.3 Å². The molecule has 33 heavy (non-hydrogen) atoms. The molecule has 0 fully saturated rings. The maximum atomic E-state index is 13.8. The number of hydrogen-bond donors (Lipinski definition) is 1. The van der Waals surface area contributed by atoms with E-state index in [1.165, 1.54) is 12.1 Å².